The molecule has 1 aromatic rings. The fourth-order valence-corrected chi connectivity index (χ4v) is 1.43. The van der Waals surface area contributed by atoms with E-state index in [-0.39, 0.29) is 10.8 Å². The number of nitrogens with one attached hydrogen (secondary N) is 2. The Morgan fingerprint density at radius 1 is 1.71 bits per heavy atom. The number of anilines is 1. The molecule has 0 fully saturated rings. The fourth-order valence-electron chi connectivity index (χ4n) is 1.34. The molecular weight excluding hydrogens is 204 g/mol. The number of nitrogens with zero attached hydrogens (tertiary/aromatic N) is 3. The molecule has 0 amide bonds. The van der Waals surface area contributed by atoms with Crippen molar-refractivity contribution in [2.45, 2.75) is 13.0 Å². The van der Waals surface area contributed by atoms with Crippen LogP contribution in [0.3, 0.4) is 0 Å². The summed E-state index contributed by atoms with van der Waals surface area (Å²) in [6.07, 6.45) is 0.908. The second-order valence-electron chi connectivity index (χ2n) is 2.93. The molecule has 0 unspecified atom stereocenters. The highest BCUT2D eigenvalue weighted by atomic mass is 32.1. The molecule has 4 N–H and O–H groups in total. The van der Waals surface area contributed by atoms with Gasteiger partial charge in [0.05, 0.1) is 0 Å². The maximum absolute atomic E-state index is 11.6. The quantitative estimate of drug-likeness (QED) is 0.501. The maximum atomic E-state index is 11.6. The smallest absolute Gasteiger partial charge is 0.367 e. The van der Waals surface area contributed by atoms with Crippen LogP contribution in [-0.4, -0.2) is 26.1 Å². The van der Waals surface area contributed by atoms with Crippen molar-refractivity contribution >= 4 is 23.3 Å². The second kappa shape index (κ2) is 3.29. The first-order chi connectivity index (χ1) is 6.68. The van der Waals surface area contributed by atoms with Crippen molar-refractivity contribution in [3.8, 4) is 0 Å². The molecule has 0 saturated heterocycles. The first-order valence-electron chi connectivity index (χ1n) is 4.18. The van der Waals surface area contributed by atoms with Crippen LogP contribution in [0.4, 0.5) is 5.95 Å². The van der Waals surface area contributed by atoms with Gasteiger partial charge in [-0.3, -0.25) is 4.57 Å². The zero-order chi connectivity index (χ0) is 10.1. The van der Waals surface area contributed by atoms with Gasteiger partial charge in [0.2, 0.25) is 5.95 Å². The summed E-state index contributed by atoms with van der Waals surface area (Å²) in [5.74, 6) is 0.546. The Morgan fingerprint density at radius 3 is 3.14 bits per heavy atom. The lowest BCUT2D eigenvalue weighted by Crippen LogP contribution is -2.37. The van der Waals surface area contributed by atoms with E-state index in [1.807, 2.05) is 0 Å². The van der Waals surface area contributed by atoms with Gasteiger partial charge in [-0.2, -0.15) is 0 Å². The molecule has 0 spiro atoms. The van der Waals surface area contributed by atoms with E-state index in [2.05, 4.69) is 28.1 Å². The second-order valence-corrected chi connectivity index (χ2v) is 3.37. The molecule has 1 aromatic heterocycles. The van der Waals surface area contributed by atoms with Crippen LogP contribution >= 0.6 is 12.2 Å². The van der Waals surface area contributed by atoms with E-state index in [1.54, 1.807) is 0 Å². The average Bonchev–Trinajstić information content (AvgIpc) is 2.44. The minimum absolute atomic E-state index is 0.0162. The van der Waals surface area contributed by atoms with Gasteiger partial charge in [-0.15, -0.1) is 9.89 Å². The Morgan fingerprint density at radius 2 is 2.50 bits per heavy atom. The van der Waals surface area contributed by atoms with E-state index in [1.165, 1.54) is 4.57 Å². The molecule has 0 radical (unpaired) electrons. The summed E-state index contributed by atoms with van der Waals surface area (Å²) in [4.78, 5) is 12.6. The van der Waals surface area contributed by atoms with Gasteiger partial charge in [0.1, 0.15) is 0 Å². The number of hydrogen-bond donors (Lipinski definition) is 3. The largest absolute Gasteiger partial charge is 0.375 e. The van der Waals surface area contributed by atoms with Crippen LogP contribution in [0.25, 0.3) is 0 Å². The monoisotopic (exact) mass is 214 g/mol. The summed E-state index contributed by atoms with van der Waals surface area (Å²) in [6, 6.07) is 0. The van der Waals surface area contributed by atoms with Crippen LogP contribution in [0.1, 0.15) is 6.42 Å². The van der Waals surface area contributed by atoms with E-state index >= 15 is 0 Å². The van der Waals surface area contributed by atoms with E-state index in [4.69, 9.17) is 5.73 Å². The number of rotatable bonds is 1. The van der Waals surface area contributed by atoms with Gasteiger partial charge in [-0.25, -0.2) is 10.2 Å². The summed E-state index contributed by atoms with van der Waals surface area (Å²) in [7, 11) is 0. The van der Waals surface area contributed by atoms with Crippen molar-refractivity contribution in [1.29, 1.82) is 0 Å². The maximum Gasteiger partial charge on any atom is 0.367 e. The molecule has 2 rings (SSSR count). The van der Waals surface area contributed by atoms with E-state index < -0.39 is 0 Å². The average molecular weight is 214 g/mol. The molecule has 1 aliphatic heterocycles. The van der Waals surface area contributed by atoms with E-state index in [0.29, 0.717) is 12.5 Å². The molecule has 76 valence electrons. The van der Waals surface area contributed by atoms with Gasteiger partial charge in [-0.05, 0) is 18.6 Å². The lowest BCUT2D eigenvalue weighted by atomic mass is 10.4. The van der Waals surface area contributed by atoms with Gasteiger partial charge in [0.25, 0.3) is 0 Å². The lowest BCUT2D eigenvalue weighted by Gasteiger charge is -2.12. The summed E-state index contributed by atoms with van der Waals surface area (Å²) in [5, 5.41) is 6.99. The minimum atomic E-state index is -0.264. The molecule has 0 atom stereocenters. The summed E-state index contributed by atoms with van der Waals surface area (Å²) < 4.78 is 1.54. The molecule has 7 nitrogen and oxygen atoms in total. The van der Waals surface area contributed by atoms with Gasteiger partial charge < -0.3 is 11.1 Å². The van der Waals surface area contributed by atoms with Crippen molar-refractivity contribution in [2.24, 2.45) is 5.73 Å². The normalized spacial score (nSPS) is 14.3. The van der Waals surface area contributed by atoms with Gasteiger partial charge >= 0.3 is 5.69 Å². The molecule has 0 saturated carbocycles. The molecule has 1 aliphatic rings. The van der Waals surface area contributed by atoms with E-state index in [9.17, 15) is 4.79 Å². The van der Waals surface area contributed by atoms with Crippen LogP contribution in [0.5, 0.6) is 0 Å². The Labute approximate surface area is 84.9 Å². The van der Waals surface area contributed by atoms with Crippen molar-refractivity contribution in [1.82, 2.24) is 14.5 Å². The van der Waals surface area contributed by atoms with Gasteiger partial charge in [0.15, 0.2) is 5.11 Å². The van der Waals surface area contributed by atoms with Crippen LogP contribution in [-0.2, 0) is 6.54 Å². The third-order valence-electron chi connectivity index (χ3n) is 1.92. The lowest BCUT2D eigenvalue weighted by molar-refractivity contribution is 0.604. The molecule has 2 heterocycles. The summed E-state index contributed by atoms with van der Waals surface area (Å²) >= 11 is 4.62. The summed E-state index contributed by atoms with van der Waals surface area (Å²) in [6.45, 7) is 1.49. The first kappa shape index (κ1) is 9.00. The fraction of sp³-hybridized carbons (Fsp3) is 0.500. The molecule has 8 heteroatoms. The first-order valence-corrected chi connectivity index (χ1v) is 4.59. The molecular formula is C6H10N6OS. The van der Waals surface area contributed by atoms with Crippen LogP contribution in [0.15, 0.2) is 4.79 Å². The van der Waals surface area contributed by atoms with Crippen molar-refractivity contribution in [3.63, 3.8) is 0 Å². The predicted molar refractivity (Wildman–Crippen MR) is 55.7 cm³/mol. The Hall–Kier alpha value is -1.57. The van der Waals surface area contributed by atoms with Crippen molar-refractivity contribution in [3.05, 3.63) is 10.5 Å². The molecule has 0 bridgehead atoms. The number of aromatic nitrogens is 3. The minimum Gasteiger partial charge on any atom is -0.375 e. The topological polar surface area (TPSA) is 89.9 Å². The highest BCUT2D eigenvalue weighted by Gasteiger charge is 2.15. The van der Waals surface area contributed by atoms with Crippen molar-refractivity contribution < 1.29 is 0 Å². The van der Waals surface area contributed by atoms with Crippen LogP contribution in [0, 0.1) is 0 Å². The number of fused-ring (bicyclic) bond motifs is 1. The summed E-state index contributed by atoms with van der Waals surface area (Å²) in [5.41, 5.74) is 7.45. The highest BCUT2D eigenvalue weighted by Crippen LogP contribution is 2.05. The molecule has 14 heavy (non-hydrogen) atoms. The number of hydrogen-bond acceptors (Lipinski definition) is 4. The van der Waals surface area contributed by atoms with Gasteiger partial charge in [0, 0.05) is 13.1 Å². The number of thiocarbonyl (C=S) groups is 1. The highest BCUT2D eigenvalue weighted by molar-refractivity contribution is 7.80. The van der Waals surface area contributed by atoms with Crippen molar-refractivity contribution in [2.75, 3.05) is 17.3 Å². The van der Waals surface area contributed by atoms with Crippen LogP contribution in [0.2, 0.25) is 0 Å². The molecule has 0 aromatic carbocycles. The third-order valence-corrected chi connectivity index (χ3v) is 2.01. The number of nitrogens with two attached hydrogens (primary N) is 1. The predicted octanol–water partition coefficient (Wildman–Crippen LogP) is -1.35. The Balaban J connectivity index is 2.38. The molecule has 0 aliphatic carbocycles. The zero-order valence-electron chi connectivity index (χ0n) is 7.36. The SMILES string of the molecule is NC(=S)Nn1nc2n(c1=O)CCCN2. The standard InChI is InChI=1S/C6H10N6OS/c7-4(14)9-12-6(13)11-3-1-2-8-5(11)10-12/h1-3H2,(H,8,10)(H3,7,9,14). The van der Waals surface area contributed by atoms with Crippen LogP contribution < -0.4 is 22.2 Å². The zero-order valence-corrected chi connectivity index (χ0v) is 8.17. The Kier molecular flexibility index (Phi) is 2.12. The third kappa shape index (κ3) is 1.43. The Bertz CT molecular complexity index is 420. The van der Waals surface area contributed by atoms with E-state index in [0.717, 1.165) is 17.8 Å². The van der Waals surface area contributed by atoms with Gasteiger partial charge in [-0.1, -0.05) is 0 Å².